The molecule has 13 heavy (non-hydrogen) atoms. The van der Waals surface area contributed by atoms with Gasteiger partial charge >= 0.3 is 0 Å². The van der Waals surface area contributed by atoms with Gasteiger partial charge in [-0.15, -0.1) is 0 Å². The summed E-state index contributed by atoms with van der Waals surface area (Å²) in [6, 6.07) is 0.465. The number of rotatable bonds is 3. The highest BCUT2D eigenvalue weighted by atomic mass is 16.3. The largest absolute Gasteiger partial charge is 0.392 e. The molecule has 76 valence electrons. The number of amides is 1. The SMILES string of the molecule is CC(O)CNC1CCC(=O)NC1C. The molecule has 0 aliphatic carbocycles. The summed E-state index contributed by atoms with van der Waals surface area (Å²) in [5, 5.41) is 15.2. The number of aliphatic hydroxyl groups is 1. The summed E-state index contributed by atoms with van der Waals surface area (Å²) in [5.74, 6) is 0.127. The second-order valence-corrected chi connectivity index (χ2v) is 3.76. The van der Waals surface area contributed by atoms with E-state index in [9.17, 15) is 4.79 Å². The number of nitrogens with one attached hydrogen (secondary N) is 2. The van der Waals surface area contributed by atoms with Crippen LogP contribution in [0.15, 0.2) is 0 Å². The summed E-state index contributed by atoms with van der Waals surface area (Å²) in [7, 11) is 0. The van der Waals surface area contributed by atoms with Gasteiger partial charge in [0.15, 0.2) is 0 Å². The highest BCUT2D eigenvalue weighted by Crippen LogP contribution is 2.08. The molecule has 0 bridgehead atoms. The predicted molar refractivity (Wildman–Crippen MR) is 50.3 cm³/mol. The molecule has 3 atom stereocenters. The van der Waals surface area contributed by atoms with Crippen molar-refractivity contribution in [1.82, 2.24) is 10.6 Å². The summed E-state index contributed by atoms with van der Waals surface area (Å²) >= 11 is 0. The quantitative estimate of drug-likeness (QED) is 0.563. The van der Waals surface area contributed by atoms with Crippen molar-refractivity contribution in [1.29, 1.82) is 0 Å². The van der Waals surface area contributed by atoms with Crippen LogP contribution in [0.4, 0.5) is 0 Å². The molecule has 1 fully saturated rings. The first kappa shape index (κ1) is 10.5. The van der Waals surface area contributed by atoms with Crippen LogP contribution in [0.2, 0.25) is 0 Å². The molecular formula is C9H18N2O2. The maximum Gasteiger partial charge on any atom is 0.220 e. The van der Waals surface area contributed by atoms with E-state index in [0.29, 0.717) is 19.0 Å². The minimum Gasteiger partial charge on any atom is -0.392 e. The van der Waals surface area contributed by atoms with Gasteiger partial charge in [-0.1, -0.05) is 0 Å². The van der Waals surface area contributed by atoms with Crippen molar-refractivity contribution in [2.24, 2.45) is 0 Å². The van der Waals surface area contributed by atoms with Gasteiger partial charge in [0.2, 0.25) is 5.91 Å². The van der Waals surface area contributed by atoms with Crippen molar-refractivity contribution in [2.75, 3.05) is 6.54 Å². The smallest absolute Gasteiger partial charge is 0.220 e. The lowest BCUT2D eigenvalue weighted by Gasteiger charge is -2.30. The van der Waals surface area contributed by atoms with Crippen LogP contribution in [-0.2, 0) is 4.79 Å². The van der Waals surface area contributed by atoms with Gasteiger partial charge in [-0.25, -0.2) is 0 Å². The first-order chi connectivity index (χ1) is 6.09. The lowest BCUT2D eigenvalue weighted by atomic mass is 9.99. The normalized spacial score (nSPS) is 31.2. The Morgan fingerprint density at radius 3 is 3.00 bits per heavy atom. The highest BCUT2D eigenvalue weighted by Gasteiger charge is 2.24. The molecule has 0 saturated carbocycles. The minimum absolute atomic E-state index is 0.127. The molecule has 0 aromatic heterocycles. The Labute approximate surface area is 78.7 Å². The van der Waals surface area contributed by atoms with Gasteiger partial charge in [0.05, 0.1) is 6.10 Å². The maximum atomic E-state index is 11.0. The molecule has 1 amide bonds. The van der Waals surface area contributed by atoms with E-state index in [1.807, 2.05) is 6.92 Å². The number of hydrogen-bond donors (Lipinski definition) is 3. The Balaban J connectivity index is 2.29. The predicted octanol–water partition coefficient (Wildman–Crippen LogP) is -0.376. The van der Waals surface area contributed by atoms with Crippen molar-refractivity contribution in [3.8, 4) is 0 Å². The van der Waals surface area contributed by atoms with Gasteiger partial charge in [0.1, 0.15) is 0 Å². The van der Waals surface area contributed by atoms with E-state index in [2.05, 4.69) is 10.6 Å². The third-order valence-electron chi connectivity index (χ3n) is 2.35. The van der Waals surface area contributed by atoms with E-state index in [-0.39, 0.29) is 18.1 Å². The molecule has 0 radical (unpaired) electrons. The first-order valence-electron chi connectivity index (χ1n) is 4.80. The van der Waals surface area contributed by atoms with Gasteiger partial charge in [0.25, 0.3) is 0 Å². The van der Waals surface area contributed by atoms with E-state index in [1.165, 1.54) is 0 Å². The van der Waals surface area contributed by atoms with Gasteiger partial charge in [-0.05, 0) is 20.3 Å². The molecule has 1 aliphatic rings. The van der Waals surface area contributed by atoms with Crippen LogP contribution < -0.4 is 10.6 Å². The summed E-state index contributed by atoms with van der Waals surface area (Å²) in [6.07, 6.45) is 1.12. The number of aliphatic hydroxyl groups excluding tert-OH is 1. The Bertz CT molecular complexity index is 182. The van der Waals surface area contributed by atoms with Crippen LogP contribution in [0.1, 0.15) is 26.7 Å². The van der Waals surface area contributed by atoms with Crippen molar-refractivity contribution in [3.63, 3.8) is 0 Å². The fraction of sp³-hybridized carbons (Fsp3) is 0.889. The fourth-order valence-corrected chi connectivity index (χ4v) is 1.56. The van der Waals surface area contributed by atoms with Gasteiger partial charge in [-0.3, -0.25) is 4.79 Å². The van der Waals surface area contributed by atoms with Crippen molar-refractivity contribution in [2.45, 2.75) is 44.9 Å². The van der Waals surface area contributed by atoms with Crippen molar-refractivity contribution >= 4 is 5.91 Å². The molecule has 3 N–H and O–H groups in total. The first-order valence-corrected chi connectivity index (χ1v) is 4.80. The van der Waals surface area contributed by atoms with E-state index in [1.54, 1.807) is 6.92 Å². The zero-order valence-corrected chi connectivity index (χ0v) is 8.21. The van der Waals surface area contributed by atoms with Crippen LogP contribution in [0.25, 0.3) is 0 Å². The highest BCUT2D eigenvalue weighted by molar-refractivity contribution is 5.77. The second kappa shape index (κ2) is 4.58. The van der Waals surface area contributed by atoms with Gasteiger partial charge < -0.3 is 15.7 Å². The van der Waals surface area contributed by atoms with E-state index in [4.69, 9.17) is 5.11 Å². The minimum atomic E-state index is -0.329. The maximum absolute atomic E-state index is 11.0. The zero-order valence-electron chi connectivity index (χ0n) is 8.21. The number of carbonyl (C=O) groups is 1. The molecular weight excluding hydrogens is 168 g/mol. The lowest BCUT2D eigenvalue weighted by molar-refractivity contribution is -0.123. The van der Waals surface area contributed by atoms with Crippen molar-refractivity contribution in [3.05, 3.63) is 0 Å². The summed E-state index contributed by atoms with van der Waals surface area (Å²) in [5.41, 5.74) is 0. The van der Waals surface area contributed by atoms with Crippen LogP contribution in [0, 0.1) is 0 Å². The van der Waals surface area contributed by atoms with Crippen LogP contribution in [-0.4, -0.2) is 35.7 Å². The van der Waals surface area contributed by atoms with Gasteiger partial charge in [-0.2, -0.15) is 0 Å². The fourth-order valence-electron chi connectivity index (χ4n) is 1.56. The molecule has 0 spiro atoms. The molecule has 1 saturated heterocycles. The molecule has 0 aromatic carbocycles. The molecule has 3 unspecified atom stereocenters. The molecule has 1 heterocycles. The molecule has 0 aromatic rings. The van der Waals surface area contributed by atoms with E-state index < -0.39 is 0 Å². The Morgan fingerprint density at radius 1 is 1.77 bits per heavy atom. The summed E-state index contributed by atoms with van der Waals surface area (Å²) < 4.78 is 0. The van der Waals surface area contributed by atoms with E-state index >= 15 is 0 Å². The third-order valence-corrected chi connectivity index (χ3v) is 2.35. The number of hydrogen-bond acceptors (Lipinski definition) is 3. The van der Waals surface area contributed by atoms with E-state index in [0.717, 1.165) is 6.42 Å². The van der Waals surface area contributed by atoms with Crippen LogP contribution in [0.5, 0.6) is 0 Å². The standard InChI is InChI=1S/C9H18N2O2/c1-6(12)5-10-8-3-4-9(13)11-7(8)2/h6-8,10,12H,3-5H2,1-2H3,(H,11,13). The Hall–Kier alpha value is -0.610. The third kappa shape index (κ3) is 3.32. The van der Waals surface area contributed by atoms with Crippen molar-refractivity contribution < 1.29 is 9.90 Å². The molecule has 1 aliphatic heterocycles. The average molecular weight is 186 g/mol. The molecule has 4 nitrogen and oxygen atoms in total. The Kier molecular flexibility index (Phi) is 3.69. The lowest BCUT2D eigenvalue weighted by Crippen LogP contribution is -2.53. The average Bonchev–Trinajstić information content (AvgIpc) is 2.02. The summed E-state index contributed by atoms with van der Waals surface area (Å²) in [4.78, 5) is 11.0. The monoisotopic (exact) mass is 186 g/mol. The zero-order chi connectivity index (χ0) is 9.84. The summed E-state index contributed by atoms with van der Waals surface area (Å²) in [6.45, 7) is 4.32. The molecule has 4 heteroatoms. The van der Waals surface area contributed by atoms with Crippen LogP contribution in [0.3, 0.4) is 0 Å². The topological polar surface area (TPSA) is 61.4 Å². The number of carbonyl (C=O) groups excluding carboxylic acids is 1. The van der Waals surface area contributed by atoms with Gasteiger partial charge in [0, 0.05) is 25.0 Å². The van der Waals surface area contributed by atoms with Crippen LogP contribution >= 0.6 is 0 Å². The number of piperidine rings is 1. The Morgan fingerprint density at radius 2 is 2.46 bits per heavy atom. The molecule has 1 rings (SSSR count). The second-order valence-electron chi connectivity index (χ2n) is 3.76.